The number of nitrogens with two attached hydrogens (primary N) is 1. The van der Waals surface area contributed by atoms with Crippen molar-refractivity contribution in [3.63, 3.8) is 0 Å². The predicted molar refractivity (Wildman–Crippen MR) is 80.1 cm³/mol. The molecule has 0 radical (unpaired) electrons. The highest BCUT2D eigenvalue weighted by molar-refractivity contribution is 5.91. The normalized spacial score (nSPS) is 15.6. The maximum atomic E-state index is 12.4. The smallest absolute Gasteiger partial charge is 0.230 e. The number of nitrogen functional groups attached to an aromatic ring is 1. The Morgan fingerprint density at radius 2 is 1.70 bits per heavy atom. The summed E-state index contributed by atoms with van der Waals surface area (Å²) in [6.45, 7) is 0.549. The van der Waals surface area contributed by atoms with Crippen LogP contribution in [-0.4, -0.2) is 5.91 Å². The van der Waals surface area contributed by atoms with Crippen molar-refractivity contribution in [1.82, 2.24) is 5.32 Å². The lowest BCUT2D eigenvalue weighted by Crippen LogP contribution is -2.34. The Balaban J connectivity index is 1.67. The maximum absolute atomic E-state index is 12.4. The molecular formula is C17H18N2O. The van der Waals surface area contributed by atoms with Crippen LogP contribution < -0.4 is 11.1 Å². The molecule has 1 amide bonds. The average molecular weight is 266 g/mol. The molecule has 3 heteroatoms. The molecule has 0 aromatic heterocycles. The molecule has 2 aromatic rings. The van der Waals surface area contributed by atoms with Crippen LogP contribution in [0.25, 0.3) is 0 Å². The van der Waals surface area contributed by atoms with Gasteiger partial charge in [0.05, 0.1) is 5.41 Å². The van der Waals surface area contributed by atoms with Gasteiger partial charge < -0.3 is 11.1 Å². The van der Waals surface area contributed by atoms with Gasteiger partial charge >= 0.3 is 0 Å². The third-order valence-corrected chi connectivity index (χ3v) is 3.94. The molecule has 2 aromatic carbocycles. The molecule has 3 nitrogen and oxygen atoms in total. The average Bonchev–Trinajstić information content (AvgIpc) is 3.29. The minimum atomic E-state index is -0.297. The molecule has 1 fully saturated rings. The molecule has 1 aliphatic carbocycles. The fourth-order valence-corrected chi connectivity index (χ4v) is 2.52. The van der Waals surface area contributed by atoms with E-state index in [0.717, 1.165) is 29.7 Å². The topological polar surface area (TPSA) is 55.1 Å². The number of benzene rings is 2. The zero-order valence-electron chi connectivity index (χ0n) is 11.3. The molecule has 0 saturated heterocycles. The van der Waals surface area contributed by atoms with Crippen LogP contribution in [0.3, 0.4) is 0 Å². The first-order chi connectivity index (χ1) is 9.71. The lowest BCUT2D eigenvalue weighted by atomic mass is 9.95. The Morgan fingerprint density at radius 1 is 1.05 bits per heavy atom. The number of hydrogen-bond donors (Lipinski definition) is 2. The maximum Gasteiger partial charge on any atom is 0.230 e. The lowest BCUT2D eigenvalue weighted by molar-refractivity contribution is -0.123. The Hall–Kier alpha value is -2.29. The van der Waals surface area contributed by atoms with Crippen LogP contribution in [0.5, 0.6) is 0 Å². The van der Waals surface area contributed by atoms with Crippen LogP contribution in [0.2, 0.25) is 0 Å². The van der Waals surface area contributed by atoms with Crippen LogP contribution >= 0.6 is 0 Å². The van der Waals surface area contributed by atoms with Crippen molar-refractivity contribution < 1.29 is 4.79 Å². The van der Waals surface area contributed by atoms with Gasteiger partial charge in [0.25, 0.3) is 0 Å². The number of nitrogens with one attached hydrogen (secondary N) is 1. The molecule has 0 aliphatic heterocycles. The molecule has 0 heterocycles. The first kappa shape index (κ1) is 12.7. The number of amides is 1. The highest BCUT2D eigenvalue weighted by Gasteiger charge is 2.50. The van der Waals surface area contributed by atoms with Gasteiger partial charge in [0.2, 0.25) is 5.91 Å². The first-order valence-electron chi connectivity index (χ1n) is 6.89. The molecule has 0 atom stereocenters. The van der Waals surface area contributed by atoms with E-state index < -0.39 is 0 Å². The number of anilines is 1. The summed E-state index contributed by atoms with van der Waals surface area (Å²) in [5, 5.41) is 3.04. The van der Waals surface area contributed by atoms with E-state index in [9.17, 15) is 4.79 Å². The monoisotopic (exact) mass is 266 g/mol. The van der Waals surface area contributed by atoms with E-state index in [1.54, 1.807) is 0 Å². The second-order valence-corrected chi connectivity index (χ2v) is 5.37. The van der Waals surface area contributed by atoms with E-state index in [2.05, 4.69) is 5.32 Å². The quantitative estimate of drug-likeness (QED) is 0.836. The number of carbonyl (C=O) groups excluding carboxylic acids is 1. The summed E-state index contributed by atoms with van der Waals surface area (Å²) >= 11 is 0. The molecule has 0 spiro atoms. The standard InChI is InChI=1S/C17H18N2O/c18-15-8-6-13(7-9-15)12-19-16(20)17(10-11-17)14-4-2-1-3-5-14/h1-9H,10-12,18H2,(H,19,20). The number of hydrogen-bond acceptors (Lipinski definition) is 2. The minimum Gasteiger partial charge on any atom is -0.399 e. The van der Waals surface area contributed by atoms with Crippen molar-refractivity contribution in [3.05, 3.63) is 65.7 Å². The molecule has 1 aliphatic rings. The molecule has 0 unspecified atom stereocenters. The van der Waals surface area contributed by atoms with Crippen molar-refractivity contribution >= 4 is 11.6 Å². The van der Waals surface area contributed by atoms with E-state index in [4.69, 9.17) is 5.73 Å². The molecule has 3 N–H and O–H groups in total. The van der Waals surface area contributed by atoms with E-state index in [1.807, 2.05) is 54.6 Å². The van der Waals surface area contributed by atoms with Crippen molar-refractivity contribution in [3.8, 4) is 0 Å². The van der Waals surface area contributed by atoms with Gasteiger partial charge in [-0.05, 0) is 36.1 Å². The van der Waals surface area contributed by atoms with Crippen LogP contribution in [0, 0.1) is 0 Å². The van der Waals surface area contributed by atoms with Crippen LogP contribution in [0.4, 0.5) is 5.69 Å². The largest absolute Gasteiger partial charge is 0.399 e. The molecule has 20 heavy (non-hydrogen) atoms. The number of rotatable bonds is 4. The SMILES string of the molecule is Nc1ccc(CNC(=O)C2(c3ccccc3)CC2)cc1. The minimum absolute atomic E-state index is 0.125. The van der Waals surface area contributed by atoms with Gasteiger partial charge in [-0.15, -0.1) is 0 Å². The van der Waals surface area contributed by atoms with E-state index >= 15 is 0 Å². The van der Waals surface area contributed by atoms with Gasteiger partial charge in [-0.25, -0.2) is 0 Å². The van der Waals surface area contributed by atoms with Gasteiger partial charge in [0, 0.05) is 12.2 Å². The van der Waals surface area contributed by atoms with Crippen LogP contribution in [0.1, 0.15) is 24.0 Å². The zero-order chi connectivity index (χ0) is 14.0. The molecule has 0 bridgehead atoms. The van der Waals surface area contributed by atoms with Crippen molar-refractivity contribution in [2.24, 2.45) is 0 Å². The predicted octanol–water partition coefficient (Wildman–Crippen LogP) is 2.62. The Kier molecular flexibility index (Phi) is 3.18. The second-order valence-electron chi connectivity index (χ2n) is 5.37. The summed E-state index contributed by atoms with van der Waals surface area (Å²) in [6, 6.07) is 17.6. The third-order valence-electron chi connectivity index (χ3n) is 3.94. The van der Waals surface area contributed by atoms with Gasteiger partial charge in [0.1, 0.15) is 0 Å². The van der Waals surface area contributed by atoms with E-state index in [1.165, 1.54) is 0 Å². The summed E-state index contributed by atoms with van der Waals surface area (Å²) in [5.41, 5.74) is 8.28. The summed E-state index contributed by atoms with van der Waals surface area (Å²) in [4.78, 5) is 12.4. The fraction of sp³-hybridized carbons (Fsp3) is 0.235. The highest BCUT2D eigenvalue weighted by Crippen LogP contribution is 2.48. The van der Waals surface area contributed by atoms with Gasteiger partial charge in [-0.3, -0.25) is 4.79 Å². The van der Waals surface area contributed by atoms with Gasteiger partial charge in [-0.1, -0.05) is 42.5 Å². The highest BCUT2D eigenvalue weighted by atomic mass is 16.2. The van der Waals surface area contributed by atoms with Crippen molar-refractivity contribution in [2.45, 2.75) is 24.8 Å². The van der Waals surface area contributed by atoms with Gasteiger partial charge in [0.15, 0.2) is 0 Å². The second kappa shape index (κ2) is 5.00. The summed E-state index contributed by atoms with van der Waals surface area (Å²) in [7, 11) is 0. The van der Waals surface area contributed by atoms with Crippen LogP contribution in [-0.2, 0) is 16.8 Å². The summed E-state index contributed by atoms with van der Waals surface area (Å²) < 4.78 is 0. The fourth-order valence-electron chi connectivity index (χ4n) is 2.52. The van der Waals surface area contributed by atoms with Crippen molar-refractivity contribution in [2.75, 3.05) is 5.73 Å². The summed E-state index contributed by atoms with van der Waals surface area (Å²) in [6.07, 6.45) is 1.87. The van der Waals surface area contributed by atoms with Crippen LogP contribution in [0.15, 0.2) is 54.6 Å². The number of carbonyl (C=O) groups is 1. The zero-order valence-corrected chi connectivity index (χ0v) is 11.3. The molecular weight excluding hydrogens is 248 g/mol. The molecule has 3 rings (SSSR count). The Bertz CT molecular complexity index is 601. The van der Waals surface area contributed by atoms with E-state index in [0.29, 0.717) is 6.54 Å². The molecule has 102 valence electrons. The Morgan fingerprint density at radius 3 is 2.30 bits per heavy atom. The van der Waals surface area contributed by atoms with Crippen molar-refractivity contribution in [1.29, 1.82) is 0 Å². The first-order valence-corrected chi connectivity index (χ1v) is 6.89. The lowest BCUT2D eigenvalue weighted by Gasteiger charge is -2.15. The Labute approximate surface area is 118 Å². The van der Waals surface area contributed by atoms with Gasteiger partial charge in [-0.2, -0.15) is 0 Å². The summed E-state index contributed by atoms with van der Waals surface area (Å²) in [5.74, 6) is 0.125. The molecule has 1 saturated carbocycles. The third kappa shape index (κ3) is 2.39. The van der Waals surface area contributed by atoms with E-state index in [-0.39, 0.29) is 11.3 Å².